The molecule has 0 aliphatic carbocycles. The predicted molar refractivity (Wildman–Crippen MR) is 55.6 cm³/mol. The number of aliphatic hydroxyl groups is 1. The fourth-order valence-electron chi connectivity index (χ4n) is 2.09. The zero-order chi connectivity index (χ0) is 10.8. The summed E-state index contributed by atoms with van der Waals surface area (Å²) in [6.45, 7) is 6.67. The van der Waals surface area contributed by atoms with Crippen molar-refractivity contribution in [2.75, 3.05) is 6.61 Å². The molecule has 1 aliphatic heterocycles. The molecule has 3 atom stereocenters. The van der Waals surface area contributed by atoms with Crippen molar-refractivity contribution in [3.8, 4) is 6.07 Å². The second-order valence-electron chi connectivity index (χ2n) is 5.39. The van der Waals surface area contributed by atoms with Gasteiger partial charge in [0.05, 0.1) is 18.6 Å². The van der Waals surface area contributed by atoms with Crippen LogP contribution in [0, 0.1) is 22.7 Å². The first-order valence-electron chi connectivity index (χ1n) is 5.23. The fraction of sp³-hybridized carbons (Fsp3) is 0.909. The van der Waals surface area contributed by atoms with E-state index in [1.807, 2.05) is 0 Å². The highest BCUT2D eigenvalue weighted by atomic mass is 16.3. The average molecular weight is 196 g/mol. The van der Waals surface area contributed by atoms with Crippen LogP contribution >= 0.6 is 0 Å². The maximum absolute atomic E-state index is 9.02. The molecule has 3 unspecified atom stereocenters. The lowest BCUT2D eigenvalue weighted by atomic mass is 9.84. The molecule has 3 heteroatoms. The first-order chi connectivity index (χ1) is 6.46. The van der Waals surface area contributed by atoms with Crippen LogP contribution in [0.4, 0.5) is 0 Å². The molecule has 14 heavy (non-hydrogen) atoms. The van der Waals surface area contributed by atoms with Gasteiger partial charge in [-0.05, 0) is 18.3 Å². The Morgan fingerprint density at radius 3 is 2.57 bits per heavy atom. The number of nitrogens with zero attached hydrogens (tertiary/aromatic N) is 1. The SMILES string of the molecule is CC(C)(C)CC1NC(CO)CC1C#N. The molecule has 0 radical (unpaired) electrons. The Morgan fingerprint density at radius 1 is 1.50 bits per heavy atom. The number of hydrogen-bond donors (Lipinski definition) is 2. The van der Waals surface area contributed by atoms with Crippen LogP contribution in [0.1, 0.15) is 33.6 Å². The summed E-state index contributed by atoms with van der Waals surface area (Å²) in [6.07, 6.45) is 1.77. The Morgan fingerprint density at radius 2 is 2.14 bits per heavy atom. The number of aliphatic hydroxyl groups excluding tert-OH is 1. The highest BCUT2D eigenvalue weighted by Crippen LogP contribution is 2.30. The van der Waals surface area contributed by atoms with E-state index in [0.29, 0.717) is 0 Å². The van der Waals surface area contributed by atoms with Gasteiger partial charge in [-0.3, -0.25) is 0 Å². The Bertz CT molecular complexity index is 226. The minimum absolute atomic E-state index is 0.0615. The van der Waals surface area contributed by atoms with Crippen molar-refractivity contribution in [2.24, 2.45) is 11.3 Å². The van der Waals surface area contributed by atoms with E-state index >= 15 is 0 Å². The number of hydrogen-bond acceptors (Lipinski definition) is 3. The average Bonchev–Trinajstić information content (AvgIpc) is 2.44. The van der Waals surface area contributed by atoms with Crippen LogP contribution in [-0.2, 0) is 0 Å². The molecule has 1 heterocycles. The van der Waals surface area contributed by atoms with Crippen LogP contribution in [0.25, 0.3) is 0 Å². The summed E-state index contributed by atoms with van der Waals surface area (Å²) in [5, 5.41) is 21.3. The molecule has 2 N–H and O–H groups in total. The molecular formula is C11H20N2O. The Hall–Kier alpha value is -0.590. The third kappa shape index (κ3) is 2.97. The van der Waals surface area contributed by atoms with Crippen molar-refractivity contribution in [3.05, 3.63) is 0 Å². The maximum Gasteiger partial charge on any atom is 0.0672 e. The molecule has 0 aromatic rings. The third-order valence-electron chi connectivity index (χ3n) is 2.69. The summed E-state index contributed by atoms with van der Waals surface area (Å²) in [5.41, 5.74) is 0.233. The van der Waals surface area contributed by atoms with E-state index in [-0.39, 0.29) is 30.0 Å². The van der Waals surface area contributed by atoms with E-state index in [4.69, 9.17) is 10.4 Å². The normalized spacial score (nSPS) is 32.9. The summed E-state index contributed by atoms with van der Waals surface area (Å²) in [4.78, 5) is 0. The zero-order valence-corrected chi connectivity index (χ0v) is 9.25. The zero-order valence-electron chi connectivity index (χ0n) is 9.25. The van der Waals surface area contributed by atoms with Gasteiger partial charge in [0.1, 0.15) is 0 Å². The highest BCUT2D eigenvalue weighted by Gasteiger charge is 2.35. The van der Waals surface area contributed by atoms with E-state index in [1.54, 1.807) is 0 Å². The van der Waals surface area contributed by atoms with Crippen molar-refractivity contribution < 1.29 is 5.11 Å². The molecule has 0 spiro atoms. The molecule has 0 bridgehead atoms. The highest BCUT2D eigenvalue weighted by molar-refractivity contribution is 5.02. The van der Waals surface area contributed by atoms with Crippen LogP contribution in [0.15, 0.2) is 0 Å². The van der Waals surface area contributed by atoms with Crippen LogP contribution in [-0.4, -0.2) is 23.8 Å². The monoisotopic (exact) mass is 196 g/mol. The van der Waals surface area contributed by atoms with E-state index in [0.717, 1.165) is 12.8 Å². The van der Waals surface area contributed by atoms with Gasteiger partial charge in [0.25, 0.3) is 0 Å². The smallest absolute Gasteiger partial charge is 0.0672 e. The number of nitriles is 1. The lowest BCUT2D eigenvalue weighted by Crippen LogP contribution is -2.35. The van der Waals surface area contributed by atoms with Crippen molar-refractivity contribution >= 4 is 0 Å². The van der Waals surface area contributed by atoms with Gasteiger partial charge in [0, 0.05) is 12.1 Å². The van der Waals surface area contributed by atoms with Crippen molar-refractivity contribution in [1.29, 1.82) is 5.26 Å². The summed E-state index contributed by atoms with van der Waals surface area (Å²) >= 11 is 0. The van der Waals surface area contributed by atoms with Crippen molar-refractivity contribution in [2.45, 2.75) is 45.7 Å². The minimum atomic E-state index is 0.0615. The number of rotatable bonds is 2. The van der Waals surface area contributed by atoms with Crippen LogP contribution in [0.3, 0.4) is 0 Å². The van der Waals surface area contributed by atoms with Gasteiger partial charge in [-0.25, -0.2) is 0 Å². The third-order valence-corrected chi connectivity index (χ3v) is 2.69. The molecule has 3 nitrogen and oxygen atoms in total. The fourth-order valence-corrected chi connectivity index (χ4v) is 2.09. The van der Waals surface area contributed by atoms with Gasteiger partial charge >= 0.3 is 0 Å². The van der Waals surface area contributed by atoms with Gasteiger partial charge in [-0.2, -0.15) is 5.26 Å². The Balaban J connectivity index is 2.56. The summed E-state index contributed by atoms with van der Waals surface area (Å²) in [7, 11) is 0. The second kappa shape index (κ2) is 4.29. The Kier molecular flexibility index (Phi) is 3.52. The first-order valence-corrected chi connectivity index (χ1v) is 5.23. The molecule has 0 amide bonds. The molecular weight excluding hydrogens is 176 g/mol. The van der Waals surface area contributed by atoms with E-state index in [2.05, 4.69) is 32.2 Å². The number of nitrogens with one attached hydrogen (secondary N) is 1. The van der Waals surface area contributed by atoms with Gasteiger partial charge in [-0.15, -0.1) is 0 Å². The summed E-state index contributed by atoms with van der Waals surface area (Å²) in [5.74, 6) is 0.0615. The summed E-state index contributed by atoms with van der Waals surface area (Å²) in [6, 6.07) is 2.69. The molecule has 1 fully saturated rings. The first kappa shape index (κ1) is 11.5. The predicted octanol–water partition coefficient (Wildman–Crippen LogP) is 1.29. The largest absolute Gasteiger partial charge is 0.395 e. The quantitative estimate of drug-likeness (QED) is 0.699. The lowest BCUT2D eigenvalue weighted by molar-refractivity contribution is 0.244. The van der Waals surface area contributed by atoms with Gasteiger partial charge < -0.3 is 10.4 Å². The molecule has 0 saturated carbocycles. The second-order valence-corrected chi connectivity index (χ2v) is 5.39. The maximum atomic E-state index is 9.02. The molecule has 1 saturated heterocycles. The van der Waals surface area contributed by atoms with Crippen molar-refractivity contribution in [1.82, 2.24) is 5.32 Å². The van der Waals surface area contributed by atoms with Crippen LogP contribution in [0.5, 0.6) is 0 Å². The molecule has 80 valence electrons. The standard InChI is InChI=1S/C11H20N2O/c1-11(2,3)5-10-8(6-12)4-9(7-14)13-10/h8-10,13-14H,4-5,7H2,1-3H3. The van der Waals surface area contributed by atoms with Crippen LogP contribution in [0.2, 0.25) is 0 Å². The van der Waals surface area contributed by atoms with Crippen LogP contribution < -0.4 is 5.32 Å². The molecule has 0 aromatic carbocycles. The molecule has 1 rings (SSSR count). The van der Waals surface area contributed by atoms with Crippen molar-refractivity contribution in [3.63, 3.8) is 0 Å². The van der Waals surface area contributed by atoms with Gasteiger partial charge in [0.2, 0.25) is 0 Å². The van der Waals surface area contributed by atoms with Gasteiger partial charge in [-0.1, -0.05) is 20.8 Å². The molecule has 1 aliphatic rings. The van der Waals surface area contributed by atoms with E-state index in [1.165, 1.54) is 0 Å². The molecule has 0 aromatic heterocycles. The summed E-state index contributed by atoms with van der Waals surface area (Å²) < 4.78 is 0. The Labute approximate surface area is 86.1 Å². The topological polar surface area (TPSA) is 56.0 Å². The van der Waals surface area contributed by atoms with E-state index in [9.17, 15) is 0 Å². The van der Waals surface area contributed by atoms with Gasteiger partial charge in [0.15, 0.2) is 0 Å². The minimum Gasteiger partial charge on any atom is -0.395 e. The lowest BCUT2D eigenvalue weighted by Gasteiger charge is -2.25. The van der Waals surface area contributed by atoms with E-state index < -0.39 is 0 Å².